The summed E-state index contributed by atoms with van der Waals surface area (Å²) in [5.74, 6) is 0.330. The van der Waals surface area contributed by atoms with Gasteiger partial charge in [-0.05, 0) is 56.5 Å². The number of carbonyl (C=O) groups excluding carboxylic acids is 1. The minimum atomic E-state index is -0.608. The molecular formula is C24H31N7O2. The van der Waals surface area contributed by atoms with Crippen LogP contribution in [-0.2, 0) is 6.54 Å². The summed E-state index contributed by atoms with van der Waals surface area (Å²) in [6.45, 7) is 4.32. The molecule has 3 N–H and O–H groups in total. The fraction of sp³-hybridized carbons (Fsp3) is 0.500. The molecule has 3 aromatic rings. The molecule has 0 radical (unpaired) electrons. The minimum absolute atomic E-state index is 0.00873. The van der Waals surface area contributed by atoms with Crippen LogP contribution in [0.5, 0.6) is 0 Å². The van der Waals surface area contributed by atoms with Crippen molar-refractivity contribution < 1.29 is 9.90 Å². The van der Waals surface area contributed by atoms with Gasteiger partial charge in [0.1, 0.15) is 11.8 Å². The number of benzene rings is 1. The number of imidazole rings is 1. The highest BCUT2D eigenvalue weighted by Crippen LogP contribution is 2.28. The van der Waals surface area contributed by atoms with Crippen LogP contribution in [0.1, 0.15) is 54.1 Å². The third-order valence-corrected chi connectivity index (χ3v) is 6.92. The number of hydrogen-bond acceptors (Lipinski definition) is 7. The van der Waals surface area contributed by atoms with Crippen LogP contribution in [0.2, 0.25) is 0 Å². The predicted molar refractivity (Wildman–Crippen MR) is 125 cm³/mol. The number of hydrogen-bond donors (Lipinski definition) is 2. The highest BCUT2D eigenvalue weighted by molar-refractivity contribution is 5.94. The molecule has 4 heterocycles. The Labute approximate surface area is 193 Å². The number of nitrogens with zero attached hydrogens (tertiary/aromatic N) is 6. The number of aliphatic hydroxyl groups is 1. The molecule has 1 aromatic carbocycles. The van der Waals surface area contributed by atoms with E-state index in [2.05, 4.69) is 32.0 Å². The minimum Gasteiger partial charge on any atom is -0.391 e. The second-order valence-corrected chi connectivity index (χ2v) is 9.12. The van der Waals surface area contributed by atoms with E-state index in [1.807, 2.05) is 21.6 Å². The lowest BCUT2D eigenvalue weighted by atomic mass is 10.1. The molecule has 2 aromatic heterocycles. The zero-order valence-corrected chi connectivity index (χ0v) is 18.8. The summed E-state index contributed by atoms with van der Waals surface area (Å²) in [5.41, 5.74) is 8.99. The number of piperidine rings is 1. The van der Waals surface area contributed by atoms with Crippen LogP contribution in [-0.4, -0.2) is 72.6 Å². The van der Waals surface area contributed by atoms with E-state index in [0.29, 0.717) is 48.5 Å². The zero-order valence-electron chi connectivity index (χ0n) is 18.8. The number of likely N-dealkylation sites (tertiary alicyclic amines) is 2. The van der Waals surface area contributed by atoms with Crippen LogP contribution < -0.4 is 5.73 Å². The topological polar surface area (TPSA) is 113 Å². The molecular weight excluding hydrogens is 418 g/mol. The third kappa shape index (κ3) is 4.56. The normalized spacial score (nSPS) is 22.4. The van der Waals surface area contributed by atoms with Crippen LogP contribution in [0.25, 0.3) is 11.2 Å². The van der Waals surface area contributed by atoms with Gasteiger partial charge >= 0.3 is 0 Å². The van der Waals surface area contributed by atoms with Crippen LogP contribution in [0, 0.1) is 0 Å². The first kappa shape index (κ1) is 21.8. The van der Waals surface area contributed by atoms with Crippen LogP contribution in [0.3, 0.4) is 0 Å². The first-order valence-corrected chi connectivity index (χ1v) is 11.8. The van der Waals surface area contributed by atoms with E-state index in [1.54, 1.807) is 6.33 Å². The molecule has 2 aliphatic rings. The van der Waals surface area contributed by atoms with Crippen LogP contribution in [0.4, 0.5) is 5.82 Å². The second-order valence-electron chi connectivity index (χ2n) is 9.12. The summed E-state index contributed by atoms with van der Waals surface area (Å²) in [4.78, 5) is 30.1. The molecule has 0 unspecified atom stereocenters. The number of fused-ring (bicyclic) bond motifs is 1. The number of nitrogen functional groups attached to an aromatic ring is 1. The van der Waals surface area contributed by atoms with Gasteiger partial charge in [-0.2, -0.15) is 0 Å². The molecule has 2 fully saturated rings. The molecule has 33 heavy (non-hydrogen) atoms. The SMILES string of the molecule is Nc1ncnc2c1ncn2[C@H]1CCN(C(=O)c2ccc(CN3CCCCC3)cc2)CC[C@@H]1O. The second kappa shape index (κ2) is 9.44. The highest BCUT2D eigenvalue weighted by atomic mass is 16.3. The summed E-state index contributed by atoms with van der Waals surface area (Å²) in [5, 5.41) is 10.8. The van der Waals surface area contributed by atoms with Crippen molar-refractivity contribution in [3.05, 3.63) is 48.0 Å². The summed E-state index contributed by atoms with van der Waals surface area (Å²) >= 11 is 0. The Morgan fingerprint density at radius 1 is 1.00 bits per heavy atom. The van der Waals surface area contributed by atoms with Gasteiger partial charge in [-0.25, -0.2) is 15.0 Å². The maximum Gasteiger partial charge on any atom is 0.253 e. The van der Waals surface area contributed by atoms with E-state index in [9.17, 15) is 9.90 Å². The Kier molecular flexibility index (Phi) is 6.24. The standard InChI is InChI=1S/C24H31N7O2/c25-22-21-23(27-15-26-22)31(16-28-21)19-8-12-30(13-9-20(19)32)24(33)18-6-4-17(5-7-18)14-29-10-2-1-3-11-29/h4-7,15-16,19-20,32H,1-3,8-14H2,(H2,25,26,27)/t19-,20-/m0/s1. The van der Waals surface area contributed by atoms with Crippen molar-refractivity contribution in [2.24, 2.45) is 0 Å². The first-order chi connectivity index (χ1) is 16.1. The van der Waals surface area contributed by atoms with Crippen molar-refractivity contribution in [3.63, 3.8) is 0 Å². The number of nitrogens with two attached hydrogens (primary N) is 1. The Hall–Kier alpha value is -3.04. The number of aliphatic hydroxyl groups excluding tert-OH is 1. The lowest BCUT2D eigenvalue weighted by Crippen LogP contribution is -2.32. The lowest BCUT2D eigenvalue weighted by molar-refractivity contribution is 0.0751. The average molecular weight is 450 g/mol. The summed E-state index contributed by atoms with van der Waals surface area (Å²) in [6, 6.07) is 7.78. The van der Waals surface area contributed by atoms with Crippen LogP contribution >= 0.6 is 0 Å². The van der Waals surface area contributed by atoms with Gasteiger partial charge < -0.3 is 20.3 Å². The van der Waals surface area contributed by atoms with Gasteiger partial charge in [0.2, 0.25) is 0 Å². The number of aromatic nitrogens is 4. The molecule has 0 bridgehead atoms. The Balaban J connectivity index is 1.26. The van der Waals surface area contributed by atoms with E-state index in [4.69, 9.17) is 5.73 Å². The Morgan fingerprint density at radius 3 is 2.55 bits per heavy atom. The number of carbonyl (C=O) groups is 1. The lowest BCUT2D eigenvalue weighted by Gasteiger charge is -2.26. The summed E-state index contributed by atoms with van der Waals surface area (Å²) in [6.07, 6.45) is 7.42. The maximum absolute atomic E-state index is 13.2. The number of anilines is 1. The van der Waals surface area contributed by atoms with E-state index in [-0.39, 0.29) is 11.9 Å². The molecule has 1 amide bonds. The molecule has 9 nitrogen and oxygen atoms in total. The molecule has 174 valence electrons. The van der Waals surface area contributed by atoms with Crippen molar-refractivity contribution in [3.8, 4) is 0 Å². The van der Waals surface area contributed by atoms with Crippen LogP contribution in [0.15, 0.2) is 36.9 Å². The van der Waals surface area contributed by atoms with Gasteiger partial charge in [0, 0.05) is 25.2 Å². The van der Waals surface area contributed by atoms with Crippen molar-refractivity contribution in [2.75, 3.05) is 31.9 Å². The van der Waals surface area contributed by atoms with Crippen molar-refractivity contribution in [2.45, 2.75) is 50.8 Å². The third-order valence-electron chi connectivity index (χ3n) is 6.92. The Morgan fingerprint density at radius 2 is 1.76 bits per heavy atom. The zero-order chi connectivity index (χ0) is 22.8. The summed E-state index contributed by atoms with van der Waals surface area (Å²) < 4.78 is 1.86. The average Bonchev–Trinajstić information content (AvgIpc) is 3.18. The quantitative estimate of drug-likeness (QED) is 0.628. The fourth-order valence-electron chi connectivity index (χ4n) is 5.02. The van der Waals surface area contributed by atoms with E-state index in [0.717, 1.165) is 19.6 Å². The predicted octanol–water partition coefficient (Wildman–Crippen LogP) is 2.23. The molecule has 2 saturated heterocycles. The van der Waals surface area contributed by atoms with Crippen molar-refractivity contribution in [1.29, 1.82) is 0 Å². The van der Waals surface area contributed by atoms with Gasteiger partial charge in [-0.15, -0.1) is 0 Å². The van der Waals surface area contributed by atoms with Gasteiger partial charge in [-0.3, -0.25) is 9.69 Å². The fourth-order valence-corrected chi connectivity index (χ4v) is 5.02. The molecule has 2 aliphatic heterocycles. The van der Waals surface area contributed by atoms with Gasteiger partial charge in [0.25, 0.3) is 5.91 Å². The monoisotopic (exact) mass is 449 g/mol. The van der Waals surface area contributed by atoms with Gasteiger partial charge in [0.15, 0.2) is 11.5 Å². The largest absolute Gasteiger partial charge is 0.391 e. The molecule has 5 rings (SSSR count). The number of rotatable bonds is 4. The molecule has 0 saturated carbocycles. The van der Waals surface area contributed by atoms with Crippen molar-refractivity contribution >= 4 is 22.9 Å². The van der Waals surface area contributed by atoms with E-state index < -0.39 is 6.10 Å². The molecule has 0 aliphatic carbocycles. The maximum atomic E-state index is 13.2. The summed E-state index contributed by atoms with van der Waals surface area (Å²) in [7, 11) is 0. The van der Waals surface area contributed by atoms with Crippen molar-refractivity contribution in [1.82, 2.24) is 29.3 Å². The molecule has 0 spiro atoms. The van der Waals surface area contributed by atoms with Gasteiger partial charge in [-0.1, -0.05) is 18.6 Å². The smallest absolute Gasteiger partial charge is 0.253 e. The van der Waals surface area contributed by atoms with Gasteiger partial charge in [0.05, 0.1) is 18.5 Å². The molecule has 2 atom stereocenters. The van der Waals surface area contributed by atoms with E-state index >= 15 is 0 Å². The van der Waals surface area contributed by atoms with E-state index in [1.165, 1.54) is 31.2 Å². The Bertz CT molecular complexity index is 1110. The molecule has 9 heteroatoms. The highest BCUT2D eigenvalue weighted by Gasteiger charge is 2.30. The first-order valence-electron chi connectivity index (χ1n) is 11.8. The number of amides is 1.